The smallest absolute Gasteiger partial charge is 0.262 e. The number of nitrogens with one attached hydrogen (secondary N) is 1. The number of anilines is 1. The highest BCUT2D eigenvalue weighted by atomic mass is 32.2. The number of rotatable bonds is 6. The highest BCUT2D eigenvalue weighted by Gasteiger charge is 2.19. The van der Waals surface area contributed by atoms with Crippen LogP contribution in [-0.4, -0.2) is 31.0 Å². The van der Waals surface area contributed by atoms with Gasteiger partial charge in [-0.1, -0.05) is 54.2 Å². The van der Waals surface area contributed by atoms with Crippen LogP contribution in [-0.2, 0) is 11.8 Å². The fraction of sp³-hybridized carbons (Fsp3) is 0.250. The number of thioether (sulfide) groups is 1. The highest BCUT2D eigenvalue weighted by Crippen LogP contribution is 2.25. The van der Waals surface area contributed by atoms with Crippen molar-refractivity contribution >= 4 is 34.3 Å². The number of hydrogen-bond donors (Lipinski definition) is 1. The van der Waals surface area contributed by atoms with Crippen LogP contribution in [0.25, 0.3) is 10.9 Å². The Morgan fingerprint density at radius 1 is 1.09 bits per heavy atom. The summed E-state index contributed by atoms with van der Waals surface area (Å²) in [5.41, 5.74) is 3.88. The van der Waals surface area contributed by atoms with Gasteiger partial charge in [0.05, 0.1) is 39.8 Å². The van der Waals surface area contributed by atoms with Crippen molar-refractivity contribution in [1.82, 2.24) is 19.3 Å². The summed E-state index contributed by atoms with van der Waals surface area (Å²) in [5.74, 6) is -0.0457. The normalized spacial score (nSPS) is 12.1. The third kappa shape index (κ3) is 4.18. The first kappa shape index (κ1) is 21.8. The van der Waals surface area contributed by atoms with E-state index in [1.165, 1.54) is 11.8 Å². The molecule has 0 saturated heterocycles. The number of aromatic nitrogens is 4. The molecule has 1 amide bonds. The summed E-state index contributed by atoms with van der Waals surface area (Å²) in [6.45, 7) is 5.74. The van der Waals surface area contributed by atoms with Crippen molar-refractivity contribution in [2.75, 3.05) is 11.1 Å². The van der Waals surface area contributed by atoms with Crippen LogP contribution in [0.5, 0.6) is 0 Å². The van der Waals surface area contributed by atoms with Gasteiger partial charge in [0.2, 0.25) is 5.91 Å². The average Bonchev–Trinajstić information content (AvgIpc) is 3.04. The topological polar surface area (TPSA) is 81.8 Å². The van der Waals surface area contributed by atoms with Gasteiger partial charge in [0.1, 0.15) is 0 Å². The SMILES string of the molecule is Cc1nn(C)c(C)c1NC(=O)CSc1nc2ccccc2c(=O)n1C(C)c1ccccc1. The zero-order valence-corrected chi connectivity index (χ0v) is 19.3. The summed E-state index contributed by atoms with van der Waals surface area (Å²) in [4.78, 5) is 30.8. The number of carbonyl (C=O) groups is 1. The van der Waals surface area contributed by atoms with Gasteiger partial charge >= 0.3 is 0 Å². The van der Waals surface area contributed by atoms with Gasteiger partial charge in [0.25, 0.3) is 5.56 Å². The minimum absolute atomic E-state index is 0.117. The molecule has 4 aromatic rings. The van der Waals surface area contributed by atoms with E-state index in [1.807, 2.05) is 76.3 Å². The van der Waals surface area contributed by atoms with E-state index >= 15 is 0 Å². The average molecular weight is 448 g/mol. The summed E-state index contributed by atoms with van der Waals surface area (Å²) in [6.07, 6.45) is 0. The lowest BCUT2D eigenvalue weighted by atomic mass is 10.1. The first-order chi connectivity index (χ1) is 15.4. The van der Waals surface area contributed by atoms with Crippen LogP contribution < -0.4 is 10.9 Å². The minimum Gasteiger partial charge on any atom is -0.322 e. The fourth-order valence-corrected chi connectivity index (χ4v) is 4.58. The molecule has 7 nitrogen and oxygen atoms in total. The third-order valence-corrected chi connectivity index (χ3v) is 6.50. The monoisotopic (exact) mass is 447 g/mol. The van der Waals surface area contributed by atoms with Crippen LogP contribution in [0.4, 0.5) is 5.69 Å². The molecule has 164 valence electrons. The molecule has 2 aromatic carbocycles. The van der Waals surface area contributed by atoms with Gasteiger partial charge in [-0.2, -0.15) is 5.10 Å². The maximum atomic E-state index is 13.4. The van der Waals surface area contributed by atoms with E-state index in [0.717, 1.165) is 22.6 Å². The predicted octanol–water partition coefficient (Wildman–Crippen LogP) is 4.09. The van der Waals surface area contributed by atoms with Crippen molar-refractivity contribution in [3.8, 4) is 0 Å². The zero-order valence-electron chi connectivity index (χ0n) is 18.5. The molecule has 0 bridgehead atoms. The third-order valence-electron chi connectivity index (χ3n) is 5.55. The Balaban J connectivity index is 1.66. The van der Waals surface area contributed by atoms with Gasteiger partial charge in [0.15, 0.2) is 5.16 Å². The summed E-state index contributed by atoms with van der Waals surface area (Å²) in [5, 5.41) is 8.35. The molecule has 0 saturated carbocycles. The zero-order chi connectivity index (χ0) is 22.8. The molecule has 2 aromatic heterocycles. The lowest BCUT2D eigenvalue weighted by Gasteiger charge is -2.20. The first-order valence-corrected chi connectivity index (χ1v) is 11.3. The molecule has 1 atom stereocenters. The van der Waals surface area contributed by atoms with Crippen LogP contribution >= 0.6 is 11.8 Å². The molecule has 0 radical (unpaired) electrons. The Kier molecular flexibility index (Phi) is 6.14. The second kappa shape index (κ2) is 9.00. The Morgan fingerprint density at radius 2 is 1.78 bits per heavy atom. The molecule has 1 unspecified atom stereocenters. The molecular formula is C24H25N5O2S. The number of para-hydroxylation sites is 1. The maximum absolute atomic E-state index is 13.4. The number of benzene rings is 2. The first-order valence-electron chi connectivity index (χ1n) is 10.4. The number of hydrogen-bond acceptors (Lipinski definition) is 5. The molecule has 8 heteroatoms. The van der Waals surface area contributed by atoms with Gasteiger partial charge in [-0.05, 0) is 38.5 Å². The van der Waals surface area contributed by atoms with E-state index in [1.54, 1.807) is 15.3 Å². The van der Waals surface area contributed by atoms with Crippen molar-refractivity contribution in [3.63, 3.8) is 0 Å². The molecule has 4 rings (SSSR count). The van der Waals surface area contributed by atoms with Crippen LogP contribution in [0.1, 0.15) is 29.9 Å². The molecule has 0 spiro atoms. The van der Waals surface area contributed by atoms with E-state index in [0.29, 0.717) is 16.1 Å². The van der Waals surface area contributed by atoms with E-state index in [4.69, 9.17) is 4.98 Å². The highest BCUT2D eigenvalue weighted by molar-refractivity contribution is 7.99. The van der Waals surface area contributed by atoms with Gasteiger partial charge in [-0.3, -0.25) is 18.8 Å². The van der Waals surface area contributed by atoms with E-state index < -0.39 is 0 Å². The Bertz CT molecular complexity index is 1340. The van der Waals surface area contributed by atoms with Gasteiger partial charge < -0.3 is 5.32 Å². The number of amides is 1. The molecule has 32 heavy (non-hydrogen) atoms. The summed E-state index contributed by atoms with van der Waals surface area (Å²) < 4.78 is 3.42. The van der Waals surface area contributed by atoms with Crippen LogP contribution in [0.3, 0.4) is 0 Å². The molecule has 0 aliphatic heterocycles. The Labute approximate surface area is 190 Å². The van der Waals surface area contributed by atoms with Gasteiger partial charge in [0, 0.05) is 7.05 Å². The number of nitrogens with zero attached hydrogens (tertiary/aromatic N) is 4. The maximum Gasteiger partial charge on any atom is 0.262 e. The van der Waals surface area contributed by atoms with E-state index in [9.17, 15) is 9.59 Å². The van der Waals surface area contributed by atoms with Crippen molar-refractivity contribution in [3.05, 3.63) is 81.9 Å². The van der Waals surface area contributed by atoms with Gasteiger partial charge in [-0.15, -0.1) is 0 Å². The molecule has 0 aliphatic carbocycles. The van der Waals surface area contributed by atoms with Crippen LogP contribution in [0.15, 0.2) is 64.5 Å². The van der Waals surface area contributed by atoms with Crippen molar-refractivity contribution < 1.29 is 4.79 Å². The predicted molar refractivity (Wildman–Crippen MR) is 128 cm³/mol. The standard InChI is InChI=1S/C24H25N5O2S/c1-15-22(17(3)28(4)27-15)26-21(30)14-32-24-25-20-13-9-8-12-19(20)23(31)29(24)16(2)18-10-6-5-7-11-18/h5-13,16H,14H2,1-4H3,(H,26,30). The number of carbonyl (C=O) groups excluding carboxylic acids is 1. The second-order valence-electron chi connectivity index (χ2n) is 7.68. The quantitative estimate of drug-likeness (QED) is 0.356. The summed E-state index contributed by atoms with van der Waals surface area (Å²) >= 11 is 1.26. The number of aryl methyl sites for hydroxylation is 2. The van der Waals surface area contributed by atoms with E-state index in [-0.39, 0.29) is 23.3 Å². The summed E-state index contributed by atoms with van der Waals surface area (Å²) in [7, 11) is 1.84. The van der Waals surface area contributed by atoms with Gasteiger partial charge in [-0.25, -0.2) is 4.98 Å². The lowest BCUT2D eigenvalue weighted by molar-refractivity contribution is -0.113. The second-order valence-corrected chi connectivity index (χ2v) is 8.62. The van der Waals surface area contributed by atoms with Crippen molar-refractivity contribution in [2.24, 2.45) is 7.05 Å². The van der Waals surface area contributed by atoms with E-state index in [2.05, 4.69) is 10.4 Å². The Morgan fingerprint density at radius 3 is 2.47 bits per heavy atom. The Hall–Kier alpha value is -3.39. The molecule has 0 aliphatic rings. The summed E-state index contributed by atoms with van der Waals surface area (Å²) in [6, 6.07) is 16.9. The minimum atomic E-state index is -0.228. The molecular weight excluding hydrogens is 422 g/mol. The molecule has 1 N–H and O–H groups in total. The van der Waals surface area contributed by atoms with Crippen LogP contribution in [0.2, 0.25) is 0 Å². The largest absolute Gasteiger partial charge is 0.322 e. The number of fused-ring (bicyclic) bond motifs is 1. The van der Waals surface area contributed by atoms with Crippen molar-refractivity contribution in [2.45, 2.75) is 32.0 Å². The van der Waals surface area contributed by atoms with Crippen LogP contribution in [0, 0.1) is 13.8 Å². The molecule has 0 fully saturated rings. The molecule has 2 heterocycles. The lowest BCUT2D eigenvalue weighted by Crippen LogP contribution is -2.27. The van der Waals surface area contributed by atoms with Crippen molar-refractivity contribution in [1.29, 1.82) is 0 Å². The fourth-order valence-electron chi connectivity index (χ4n) is 3.71.